The standard InChI is InChI=1S/C17H20BrNO/c1-11-5-6-12(2)17(13(11)3)20-15-8-7-14(10-19-4)16(18)9-15/h5-9,19H,10H2,1-4H3. The van der Waals surface area contributed by atoms with Crippen LogP contribution in [0.5, 0.6) is 11.5 Å². The van der Waals surface area contributed by atoms with Crippen LogP contribution in [0.4, 0.5) is 0 Å². The molecule has 0 saturated carbocycles. The minimum absolute atomic E-state index is 0.837. The molecule has 0 heterocycles. The van der Waals surface area contributed by atoms with Gasteiger partial charge in [-0.2, -0.15) is 0 Å². The van der Waals surface area contributed by atoms with Crippen LogP contribution in [0.15, 0.2) is 34.8 Å². The second-order valence-corrected chi connectivity index (χ2v) is 5.89. The number of rotatable bonds is 4. The summed E-state index contributed by atoms with van der Waals surface area (Å²) in [5, 5.41) is 3.15. The predicted molar refractivity (Wildman–Crippen MR) is 87.6 cm³/mol. The summed E-state index contributed by atoms with van der Waals surface area (Å²) in [7, 11) is 1.94. The van der Waals surface area contributed by atoms with Gasteiger partial charge in [0.25, 0.3) is 0 Å². The van der Waals surface area contributed by atoms with Gasteiger partial charge in [0, 0.05) is 11.0 Å². The van der Waals surface area contributed by atoms with Gasteiger partial charge in [-0.1, -0.05) is 34.1 Å². The van der Waals surface area contributed by atoms with Gasteiger partial charge in [0.05, 0.1) is 0 Å². The molecule has 0 atom stereocenters. The summed E-state index contributed by atoms with van der Waals surface area (Å²) in [6.45, 7) is 7.12. The topological polar surface area (TPSA) is 21.3 Å². The van der Waals surface area contributed by atoms with Gasteiger partial charge >= 0.3 is 0 Å². The summed E-state index contributed by atoms with van der Waals surface area (Å²) in [5.74, 6) is 1.81. The molecule has 0 saturated heterocycles. The monoisotopic (exact) mass is 333 g/mol. The molecule has 2 nitrogen and oxygen atoms in total. The van der Waals surface area contributed by atoms with Crippen molar-refractivity contribution >= 4 is 15.9 Å². The molecule has 0 spiro atoms. The Morgan fingerprint density at radius 1 is 1.05 bits per heavy atom. The zero-order chi connectivity index (χ0) is 14.7. The Morgan fingerprint density at radius 3 is 2.40 bits per heavy atom. The van der Waals surface area contributed by atoms with Gasteiger partial charge < -0.3 is 10.1 Å². The first-order chi connectivity index (χ1) is 9.52. The van der Waals surface area contributed by atoms with Gasteiger partial charge in [0.2, 0.25) is 0 Å². The highest BCUT2D eigenvalue weighted by molar-refractivity contribution is 9.10. The second kappa shape index (κ2) is 6.42. The van der Waals surface area contributed by atoms with Crippen LogP contribution in [0, 0.1) is 20.8 Å². The molecule has 0 aliphatic heterocycles. The van der Waals surface area contributed by atoms with Crippen LogP contribution >= 0.6 is 15.9 Å². The van der Waals surface area contributed by atoms with E-state index in [2.05, 4.69) is 60.2 Å². The maximum atomic E-state index is 6.08. The van der Waals surface area contributed by atoms with E-state index in [1.807, 2.05) is 19.2 Å². The second-order valence-electron chi connectivity index (χ2n) is 5.04. The first-order valence-corrected chi connectivity index (χ1v) is 7.50. The van der Waals surface area contributed by atoms with E-state index < -0.39 is 0 Å². The van der Waals surface area contributed by atoms with Gasteiger partial charge in [-0.3, -0.25) is 0 Å². The molecule has 0 aliphatic carbocycles. The van der Waals surface area contributed by atoms with E-state index in [1.54, 1.807) is 0 Å². The summed E-state index contributed by atoms with van der Waals surface area (Å²) in [6.07, 6.45) is 0. The summed E-state index contributed by atoms with van der Waals surface area (Å²) < 4.78 is 7.15. The van der Waals surface area contributed by atoms with Crippen molar-refractivity contribution in [3.8, 4) is 11.5 Å². The Morgan fingerprint density at radius 2 is 1.75 bits per heavy atom. The maximum Gasteiger partial charge on any atom is 0.133 e. The van der Waals surface area contributed by atoms with Crippen LogP contribution < -0.4 is 10.1 Å². The number of hydrogen-bond acceptors (Lipinski definition) is 2. The van der Waals surface area contributed by atoms with Crippen molar-refractivity contribution in [2.24, 2.45) is 0 Å². The third-order valence-corrected chi connectivity index (χ3v) is 4.22. The lowest BCUT2D eigenvalue weighted by Crippen LogP contribution is -2.05. The van der Waals surface area contributed by atoms with Gasteiger partial charge in [0.1, 0.15) is 11.5 Å². The zero-order valence-electron chi connectivity index (χ0n) is 12.4. The van der Waals surface area contributed by atoms with Crippen molar-refractivity contribution < 1.29 is 4.74 Å². The highest BCUT2D eigenvalue weighted by Gasteiger charge is 2.09. The Bertz CT molecular complexity index is 623. The summed E-state index contributed by atoms with van der Waals surface area (Å²) in [4.78, 5) is 0. The molecular weight excluding hydrogens is 314 g/mol. The van der Waals surface area contributed by atoms with E-state index in [0.29, 0.717) is 0 Å². The van der Waals surface area contributed by atoms with E-state index in [1.165, 1.54) is 16.7 Å². The Balaban J connectivity index is 2.31. The van der Waals surface area contributed by atoms with Crippen LogP contribution in [0.25, 0.3) is 0 Å². The molecule has 1 N–H and O–H groups in total. The van der Waals surface area contributed by atoms with E-state index in [4.69, 9.17) is 4.74 Å². The van der Waals surface area contributed by atoms with Gasteiger partial charge in [-0.15, -0.1) is 0 Å². The van der Waals surface area contributed by atoms with Crippen molar-refractivity contribution in [2.45, 2.75) is 27.3 Å². The number of benzene rings is 2. The first kappa shape index (κ1) is 15.1. The van der Waals surface area contributed by atoms with Crippen LogP contribution in [0.1, 0.15) is 22.3 Å². The molecule has 3 heteroatoms. The third-order valence-electron chi connectivity index (χ3n) is 3.49. The molecule has 106 valence electrons. The van der Waals surface area contributed by atoms with Crippen molar-refractivity contribution in [3.63, 3.8) is 0 Å². The number of aryl methyl sites for hydroxylation is 2. The lowest BCUT2D eigenvalue weighted by molar-refractivity contribution is 0.474. The molecule has 0 unspecified atom stereocenters. The molecule has 20 heavy (non-hydrogen) atoms. The first-order valence-electron chi connectivity index (χ1n) is 6.70. The average molecular weight is 334 g/mol. The van der Waals surface area contributed by atoms with Crippen LogP contribution in [0.2, 0.25) is 0 Å². The van der Waals surface area contributed by atoms with E-state index in [-0.39, 0.29) is 0 Å². The fourth-order valence-corrected chi connectivity index (χ4v) is 2.62. The summed E-state index contributed by atoms with van der Waals surface area (Å²) in [5.41, 5.74) is 4.82. The Labute approximate surface area is 129 Å². The molecule has 0 amide bonds. The zero-order valence-corrected chi connectivity index (χ0v) is 14.0. The maximum absolute atomic E-state index is 6.08. The fraction of sp³-hybridized carbons (Fsp3) is 0.294. The third kappa shape index (κ3) is 3.22. The predicted octanol–water partition coefficient (Wildman–Crippen LogP) is 4.89. The van der Waals surface area contributed by atoms with Crippen LogP contribution in [-0.2, 0) is 6.54 Å². The molecule has 2 aromatic rings. The Hall–Kier alpha value is -1.32. The lowest BCUT2D eigenvalue weighted by atomic mass is 10.1. The number of nitrogens with one attached hydrogen (secondary N) is 1. The molecule has 0 bridgehead atoms. The van der Waals surface area contributed by atoms with E-state index >= 15 is 0 Å². The molecule has 0 fully saturated rings. The lowest BCUT2D eigenvalue weighted by Gasteiger charge is -2.14. The SMILES string of the molecule is CNCc1ccc(Oc2c(C)ccc(C)c2C)cc1Br. The molecule has 2 rings (SSSR count). The van der Waals surface area contributed by atoms with Gasteiger partial charge in [-0.05, 0) is 62.2 Å². The Kier molecular flexibility index (Phi) is 4.84. The number of halogens is 1. The summed E-state index contributed by atoms with van der Waals surface area (Å²) in [6, 6.07) is 10.3. The average Bonchev–Trinajstić information content (AvgIpc) is 2.42. The number of ether oxygens (including phenoxy) is 1. The number of hydrogen-bond donors (Lipinski definition) is 1. The van der Waals surface area contributed by atoms with E-state index in [0.717, 1.165) is 28.1 Å². The van der Waals surface area contributed by atoms with Gasteiger partial charge in [0.15, 0.2) is 0 Å². The highest BCUT2D eigenvalue weighted by Crippen LogP contribution is 2.32. The fourth-order valence-electron chi connectivity index (χ4n) is 2.13. The summed E-state index contributed by atoms with van der Waals surface area (Å²) >= 11 is 3.59. The van der Waals surface area contributed by atoms with Gasteiger partial charge in [-0.25, -0.2) is 0 Å². The van der Waals surface area contributed by atoms with Crippen molar-refractivity contribution in [3.05, 3.63) is 57.1 Å². The van der Waals surface area contributed by atoms with E-state index in [9.17, 15) is 0 Å². The highest BCUT2D eigenvalue weighted by atomic mass is 79.9. The molecule has 0 radical (unpaired) electrons. The van der Waals surface area contributed by atoms with Crippen molar-refractivity contribution in [1.82, 2.24) is 5.32 Å². The molecule has 0 aliphatic rings. The normalized spacial score (nSPS) is 10.7. The van der Waals surface area contributed by atoms with Crippen molar-refractivity contribution in [2.75, 3.05) is 7.05 Å². The minimum Gasteiger partial charge on any atom is -0.457 e. The largest absolute Gasteiger partial charge is 0.457 e. The smallest absolute Gasteiger partial charge is 0.133 e. The quantitative estimate of drug-likeness (QED) is 0.860. The molecule has 2 aromatic carbocycles. The van der Waals surface area contributed by atoms with Crippen LogP contribution in [-0.4, -0.2) is 7.05 Å². The minimum atomic E-state index is 0.837. The molecular formula is C17H20BrNO. The molecule has 0 aromatic heterocycles. The van der Waals surface area contributed by atoms with Crippen molar-refractivity contribution in [1.29, 1.82) is 0 Å². The van der Waals surface area contributed by atoms with Crippen LogP contribution in [0.3, 0.4) is 0 Å².